The van der Waals surface area contributed by atoms with Gasteiger partial charge in [-0.05, 0) is 47.6 Å². The van der Waals surface area contributed by atoms with Crippen LogP contribution in [-0.4, -0.2) is 21.0 Å². The number of hydrogen-bond donors (Lipinski definition) is 0. The van der Waals surface area contributed by atoms with Crippen LogP contribution in [-0.2, 0) is 4.74 Å². The van der Waals surface area contributed by atoms with Crippen LogP contribution in [0.4, 0.5) is 0 Å². The fourth-order valence-electron chi connectivity index (χ4n) is 3.81. The normalized spacial score (nSPS) is 17.9. The molecule has 0 N–H and O–H groups in total. The Labute approximate surface area is 181 Å². The molecule has 154 valence electrons. The standard InChI is InChI=1S/C23H39IO2Si/c1-4-5-6-7-8-9-10-13-18-27(2,3)20-15-16-22(21(24)19-20)26-23-14-11-12-17-25-23/h15-16,19,23H,4-14,17-18H2,1-3H3. The van der Waals surface area contributed by atoms with Crippen molar-refractivity contribution < 1.29 is 9.47 Å². The van der Waals surface area contributed by atoms with Crippen molar-refractivity contribution in [2.45, 2.75) is 103 Å². The summed E-state index contributed by atoms with van der Waals surface area (Å²) in [5.41, 5.74) is 0. The average Bonchev–Trinajstić information content (AvgIpc) is 2.66. The molecule has 0 saturated carbocycles. The lowest BCUT2D eigenvalue weighted by atomic mass is 10.1. The summed E-state index contributed by atoms with van der Waals surface area (Å²) in [4.78, 5) is 0. The smallest absolute Gasteiger partial charge is 0.199 e. The van der Waals surface area contributed by atoms with Gasteiger partial charge < -0.3 is 9.47 Å². The van der Waals surface area contributed by atoms with Crippen LogP contribution in [0.5, 0.6) is 5.75 Å². The van der Waals surface area contributed by atoms with E-state index in [1.807, 2.05) is 0 Å². The maximum absolute atomic E-state index is 6.09. The topological polar surface area (TPSA) is 18.5 Å². The van der Waals surface area contributed by atoms with E-state index in [9.17, 15) is 0 Å². The number of unbranched alkanes of at least 4 members (excludes halogenated alkanes) is 7. The number of ether oxygens (including phenoxy) is 2. The van der Waals surface area contributed by atoms with Gasteiger partial charge >= 0.3 is 0 Å². The largest absolute Gasteiger partial charge is 0.464 e. The summed E-state index contributed by atoms with van der Waals surface area (Å²) in [6.45, 7) is 8.16. The lowest BCUT2D eigenvalue weighted by Crippen LogP contribution is -2.41. The second-order valence-corrected chi connectivity index (χ2v) is 14.7. The van der Waals surface area contributed by atoms with Crippen molar-refractivity contribution >= 4 is 35.9 Å². The molecule has 1 aliphatic rings. The molecule has 0 radical (unpaired) electrons. The summed E-state index contributed by atoms with van der Waals surface area (Å²) >= 11 is 2.43. The molecule has 4 heteroatoms. The third-order valence-corrected chi connectivity index (χ3v) is 10.1. The minimum Gasteiger partial charge on any atom is -0.464 e. The molecular weight excluding hydrogens is 463 g/mol. The Balaban J connectivity index is 1.76. The van der Waals surface area contributed by atoms with E-state index in [2.05, 4.69) is 60.8 Å². The fourth-order valence-corrected chi connectivity index (χ4v) is 7.24. The molecule has 2 rings (SSSR count). The van der Waals surface area contributed by atoms with Crippen LogP contribution in [0, 0.1) is 3.57 Å². The maximum atomic E-state index is 6.09. The van der Waals surface area contributed by atoms with Gasteiger partial charge in [0.15, 0.2) is 6.29 Å². The van der Waals surface area contributed by atoms with E-state index in [4.69, 9.17) is 9.47 Å². The molecule has 0 aromatic heterocycles. The molecule has 1 unspecified atom stereocenters. The molecule has 0 bridgehead atoms. The lowest BCUT2D eigenvalue weighted by molar-refractivity contribution is -0.106. The first kappa shape index (κ1) is 23.2. The van der Waals surface area contributed by atoms with Gasteiger partial charge in [0.2, 0.25) is 0 Å². The Morgan fingerprint density at radius 3 is 2.37 bits per heavy atom. The zero-order valence-corrected chi connectivity index (χ0v) is 20.9. The summed E-state index contributed by atoms with van der Waals surface area (Å²) in [7, 11) is -1.36. The first-order valence-corrected chi connectivity index (χ1v) is 15.4. The predicted octanol–water partition coefficient (Wildman–Crippen LogP) is 7.25. The molecular formula is C23H39IO2Si. The molecule has 1 heterocycles. The minimum atomic E-state index is -1.36. The van der Waals surface area contributed by atoms with E-state index in [0.29, 0.717) is 0 Å². The summed E-state index contributed by atoms with van der Waals surface area (Å²) in [6, 6.07) is 8.26. The lowest BCUT2D eigenvalue weighted by Gasteiger charge is -2.26. The number of benzene rings is 1. The van der Waals surface area contributed by atoms with Gasteiger partial charge in [-0.25, -0.2) is 0 Å². The molecule has 0 spiro atoms. The number of halogens is 1. The highest BCUT2D eigenvalue weighted by Gasteiger charge is 2.24. The second-order valence-electron chi connectivity index (χ2n) is 8.67. The Bertz CT molecular complexity index is 541. The first-order chi connectivity index (χ1) is 13.0. The molecule has 1 atom stereocenters. The first-order valence-electron chi connectivity index (χ1n) is 11.1. The van der Waals surface area contributed by atoms with E-state index in [1.54, 1.807) is 5.19 Å². The van der Waals surface area contributed by atoms with Gasteiger partial charge in [-0.2, -0.15) is 0 Å². The summed E-state index contributed by atoms with van der Waals surface area (Å²) < 4.78 is 13.0. The Hall–Kier alpha value is -0.0731. The van der Waals surface area contributed by atoms with Crippen LogP contribution in [0.1, 0.15) is 77.6 Å². The van der Waals surface area contributed by atoms with Gasteiger partial charge in [0.1, 0.15) is 5.75 Å². The third-order valence-electron chi connectivity index (χ3n) is 5.77. The molecule has 2 nitrogen and oxygen atoms in total. The van der Waals surface area contributed by atoms with Gasteiger partial charge in [0, 0.05) is 6.42 Å². The van der Waals surface area contributed by atoms with Gasteiger partial charge in [0.05, 0.1) is 18.3 Å². The molecule has 1 aromatic rings. The van der Waals surface area contributed by atoms with Crippen LogP contribution in [0.2, 0.25) is 19.1 Å². The molecule has 1 aliphatic heterocycles. The Kier molecular flexibility index (Phi) is 10.7. The van der Waals surface area contributed by atoms with Gasteiger partial charge in [-0.15, -0.1) is 0 Å². The molecule has 1 saturated heterocycles. The average molecular weight is 503 g/mol. The highest BCUT2D eigenvalue weighted by molar-refractivity contribution is 14.1. The van der Waals surface area contributed by atoms with Crippen LogP contribution >= 0.6 is 22.6 Å². The number of rotatable bonds is 12. The van der Waals surface area contributed by atoms with Gasteiger partial charge in [0.25, 0.3) is 0 Å². The van der Waals surface area contributed by atoms with Gasteiger partial charge in [-0.1, -0.05) is 88.7 Å². The van der Waals surface area contributed by atoms with Crippen molar-refractivity contribution in [2.75, 3.05) is 6.61 Å². The zero-order chi connectivity index (χ0) is 19.5. The number of hydrogen-bond acceptors (Lipinski definition) is 2. The van der Waals surface area contributed by atoms with Crippen molar-refractivity contribution in [2.24, 2.45) is 0 Å². The van der Waals surface area contributed by atoms with Crippen molar-refractivity contribution in [3.8, 4) is 5.75 Å². The molecule has 0 amide bonds. The summed E-state index contributed by atoms with van der Waals surface area (Å²) in [5.74, 6) is 0.989. The minimum absolute atomic E-state index is 0.0549. The molecule has 1 aromatic carbocycles. The highest BCUT2D eigenvalue weighted by atomic mass is 127. The Morgan fingerprint density at radius 2 is 1.74 bits per heavy atom. The Morgan fingerprint density at radius 1 is 1.04 bits per heavy atom. The third kappa shape index (κ3) is 8.44. The van der Waals surface area contributed by atoms with Crippen LogP contribution < -0.4 is 9.92 Å². The zero-order valence-electron chi connectivity index (χ0n) is 17.7. The van der Waals surface area contributed by atoms with Crippen molar-refractivity contribution in [1.29, 1.82) is 0 Å². The fraction of sp³-hybridized carbons (Fsp3) is 0.739. The van der Waals surface area contributed by atoms with Crippen molar-refractivity contribution in [1.82, 2.24) is 0 Å². The molecule has 27 heavy (non-hydrogen) atoms. The van der Waals surface area contributed by atoms with E-state index in [0.717, 1.165) is 25.2 Å². The van der Waals surface area contributed by atoms with E-state index >= 15 is 0 Å². The molecule has 1 fully saturated rings. The SMILES string of the molecule is CCCCCCCCCC[Si](C)(C)c1ccc(OC2CCCCO2)c(I)c1. The van der Waals surface area contributed by atoms with Crippen LogP contribution in [0.3, 0.4) is 0 Å². The van der Waals surface area contributed by atoms with Crippen molar-refractivity contribution in [3.63, 3.8) is 0 Å². The van der Waals surface area contributed by atoms with E-state index < -0.39 is 8.07 Å². The second kappa shape index (κ2) is 12.5. The van der Waals surface area contributed by atoms with E-state index in [1.165, 1.54) is 67.4 Å². The summed E-state index contributed by atoms with van der Waals surface area (Å²) in [6.07, 6.45) is 14.6. The van der Waals surface area contributed by atoms with E-state index in [-0.39, 0.29) is 6.29 Å². The van der Waals surface area contributed by atoms with Crippen molar-refractivity contribution in [3.05, 3.63) is 21.8 Å². The van der Waals surface area contributed by atoms with Crippen LogP contribution in [0.15, 0.2) is 18.2 Å². The van der Waals surface area contributed by atoms with Crippen LogP contribution in [0.25, 0.3) is 0 Å². The summed E-state index contributed by atoms with van der Waals surface area (Å²) in [5, 5.41) is 1.56. The quantitative estimate of drug-likeness (QED) is 0.170. The highest BCUT2D eigenvalue weighted by Crippen LogP contribution is 2.26. The predicted molar refractivity (Wildman–Crippen MR) is 128 cm³/mol. The maximum Gasteiger partial charge on any atom is 0.199 e. The monoisotopic (exact) mass is 502 g/mol. The molecule has 0 aliphatic carbocycles. The van der Waals surface area contributed by atoms with Gasteiger partial charge in [-0.3, -0.25) is 0 Å².